The Bertz CT molecular complexity index is 1330. The number of nitrogens with zero attached hydrogens (tertiary/aromatic N) is 5. The standard InChI is InChI=1S/C22H22F2N5O4P.2Na/c1-15(16-3-5-17(6-4-16)21-9-10-26-28(21)2)22(33-34(30,31)32,12-29-14-25-13-27-29)19-8-7-18(23)11-20(19)24;;/h3-11,13-15H,12H2,1-2H3,(H2,30,31,32);;/q;;+1/p-1/t15-,22+;;/m0../s1. The molecule has 2 heterocycles. The Morgan fingerprint density at radius 3 is 2.39 bits per heavy atom. The fraction of sp³-hybridized carbons (Fsp3) is 0.227. The second kappa shape index (κ2) is 12.5. The predicted molar refractivity (Wildman–Crippen MR) is 122 cm³/mol. The number of hydrogen-bond donors (Lipinski definition) is 1. The van der Waals surface area contributed by atoms with E-state index < -0.39 is 31.0 Å². The first-order valence-corrected chi connectivity index (χ1v) is 11.7. The third-order valence-electron chi connectivity index (χ3n) is 5.76. The Labute approximate surface area is 250 Å². The number of benzene rings is 2. The van der Waals surface area contributed by atoms with Gasteiger partial charge in [-0.05, 0) is 23.3 Å². The van der Waals surface area contributed by atoms with Crippen molar-refractivity contribution in [1.82, 2.24) is 24.5 Å². The Kier molecular flexibility index (Phi) is 10.8. The van der Waals surface area contributed by atoms with Crippen LogP contribution in [-0.4, -0.2) is 59.0 Å². The van der Waals surface area contributed by atoms with E-state index in [1.807, 2.05) is 6.07 Å². The van der Waals surface area contributed by atoms with Crippen LogP contribution in [-0.2, 0) is 28.3 Å². The fourth-order valence-electron chi connectivity index (χ4n) is 4.07. The normalized spacial score (nSPS) is 15.2. The van der Waals surface area contributed by atoms with Crippen molar-refractivity contribution in [2.24, 2.45) is 7.05 Å². The van der Waals surface area contributed by atoms with Crippen molar-refractivity contribution in [1.29, 1.82) is 0 Å². The maximum absolute atomic E-state index is 15.1. The molecule has 4 rings (SSSR count). The quantitative estimate of drug-likeness (QED) is 0.245. The van der Waals surface area contributed by atoms with E-state index in [-0.39, 0.29) is 71.2 Å². The molecule has 4 aromatic rings. The summed E-state index contributed by atoms with van der Waals surface area (Å²) in [6.45, 7) is 1.28. The van der Waals surface area contributed by atoms with Gasteiger partial charge < -0.3 is 14.3 Å². The van der Waals surface area contributed by atoms with Gasteiger partial charge in [0.25, 0.3) is 7.82 Å². The summed E-state index contributed by atoms with van der Waals surface area (Å²) >= 11 is 0. The van der Waals surface area contributed by atoms with Gasteiger partial charge >= 0.3 is 29.6 Å². The largest absolute Gasteiger partial charge is 1.00 e. The summed E-state index contributed by atoms with van der Waals surface area (Å²) in [5.74, 6) is -2.74. The zero-order chi connectivity index (χ0) is 24.5. The van der Waals surface area contributed by atoms with Crippen LogP contribution in [0, 0.1) is 11.6 Å². The molecule has 0 aliphatic rings. The molecule has 0 aliphatic carbocycles. The van der Waals surface area contributed by atoms with Crippen LogP contribution in [0.3, 0.4) is 0 Å². The third-order valence-corrected chi connectivity index (χ3v) is 6.31. The van der Waals surface area contributed by atoms with Crippen LogP contribution in [0.1, 0.15) is 24.0 Å². The van der Waals surface area contributed by atoms with Crippen LogP contribution >= 0.6 is 7.82 Å². The number of hydrogen-bond acceptors (Lipinski definition) is 6. The second-order valence-corrected chi connectivity index (χ2v) is 8.97. The third kappa shape index (κ3) is 6.79. The van der Waals surface area contributed by atoms with E-state index in [1.54, 1.807) is 49.1 Å². The van der Waals surface area contributed by atoms with Crippen LogP contribution in [0.15, 0.2) is 67.4 Å². The average Bonchev–Trinajstić information content (AvgIpc) is 3.43. The molecule has 0 fully saturated rings. The SMILES string of the molecule is C[C@@H](c1ccc(-c2ccnn2C)cc1)[C@@](Cn1cncn1)(OP(=O)([O-])O)c1ccc(F)cc1F.[Na+].[Na]. The van der Waals surface area contributed by atoms with Gasteiger partial charge in [0.05, 0.1) is 12.2 Å². The minimum Gasteiger partial charge on any atom is -0.756 e. The van der Waals surface area contributed by atoms with Crippen molar-refractivity contribution in [3.63, 3.8) is 0 Å². The molecule has 9 nitrogen and oxygen atoms in total. The van der Waals surface area contributed by atoms with Crippen molar-refractivity contribution >= 4 is 37.4 Å². The molecule has 3 atom stereocenters. The van der Waals surface area contributed by atoms with Crippen molar-refractivity contribution in [2.45, 2.75) is 25.0 Å². The van der Waals surface area contributed by atoms with E-state index in [0.29, 0.717) is 11.6 Å². The molecule has 179 valence electrons. The number of halogens is 2. The molecule has 2 aromatic carbocycles. The molecule has 0 bridgehead atoms. The number of aryl methyl sites for hydroxylation is 1. The molecule has 0 saturated heterocycles. The van der Waals surface area contributed by atoms with E-state index in [4.69, 9.17) is 4.52 Å². The molecule has 36 heavy (non-hydrogen) atoms. The molecular formula is C22H21F2N5Na2O4P. The number of aromatic nitrogens is 5. The number of phosphoric acid groups is 1. The van der Waals surface area contributed by atoms with Gasteiger partial charge in [-0.15, -0.1) is 0 Å². The summed E-state index contributed by atoms with van der Waals surface area (Å²) in [5, 5.41) is 8.13. The minimum absolute atomic E-state index is 0. The maximum atomic E-state index is 15.1. The smallest absolute Gasteiger partial charge is 0.756 e. The maximum Gasteiger partial charge on any atom is 1.00 e. The molecular weight excluding hydrogens is 513 g/mol. The van der Waals surface area contributed by atoms with Gasteiger partial charge in [0.2, 0.25) is 0 Å². The van der Waals surface area contributed by atoms with Gasteiger partial charge in [-0.25, -0.2) is 18.4 Å². The van der Waals surface area contributed by atoms with Crippen LogP contribution in [0.4, 0.5) is 8.78 Å². The molecule has 0 saturated carbocycles. The van der Waals surface area contributed by atoms with Gasteiger partial charge in [-0.1, -0.05) is 37.3 Å². The molecule has 0 spiro atoms. The summed E-state index contributed by atoms with van der Waals surface area (Å²) in [5.41, 5.74) is -0.0106. The van der Waals surface area contributed by atoms with E-state index >= 15 is 4.39 Å². The second-order valence-electron chi connectivity index (χ2n) is 7.85. The Hall–Kier alpha value is -1.24. The Morgan fingerprint density at radius 2 is 1.86 bits per heavy atom. The van der Waals surface area contributed by atoms with Crippen LogP contribution in [0.5, 0.6) is 0 Å². The summed E-state index contributed by atoms with van der Waals surface area (Å²) in [7, 11) is -3.62. The predicted octanol–water partition coefficient (Wildman–Crippen LogP) is -0.243. The van der Waals surface area contributed by atoms with Crippen LogP contribution in [0.2, 0.25) is 0 Å². The van der Waals surface area contributed by atoms with Gasteiger partial charge in [0, 0.05) is 60.3 Å². The zero-order valence-electron chi connectivity index (χ0n) is 20.2. The van der Waals surface area contributed by atoms with Gasteiger partial charge in [-0.2, -0.15) is 10.2 Å². The summed E-state index contributed by atoms with van der Waals surface area (Å²) in [6.07, 6.45) is 4.17. The Balaban J connectivity index is 0.00000228. The minimum atomic E-state index is -5.42. The van der Waals surface area contributed by atoms with E-state index in [0.717, 1.165) is 23.4 Å². The summed E-state index contributed by atoms with van der Waals surface area (Å²) < 4.78 is 49.0. The van der Waals surface area contributed by atoms with Crippen molar-refractivity contribution in [2.75, 3.05) is 0 Å². The zero-order valence-corrected chi connectivity index (χ0v) is 25.1. The van der Waals surface area contributed by atoms with Crippen LogP contribution < -0.4 is 34.5 Å². The molecule has 1 unspecified atom stereocenters. The topological polar surface area (TPSA) is 118 Å². The van der Waals surface area contributed by atoms with Crippen molar-refractivity contribution < 1.29 is 57.2 Å². The number of rotatable bonds is 8. The first-order valence-electron chi connectivity index (χ1n) is 10.2. The first-order chi connectivity index (χ1) is 16.1. The van der Waals surface area contributed by atoms with E-state index in [1.165, 1.54) is 17.3 Å². The Morgan fingerprint density at radius 1 is 1.17 bits per heavy atom. The van der Waals surface area contributed by atoms with Crippen molar-refractivity contribution in [3.8, 4) is 11.3 Å². The summed E-state index contributed by atoms with van der Waals surface area (Å²) in [4.78, 5) is 25.6. The monoisotopic (exact) mass is 534 g/mol. The van der Waals surface area contributed by atoms with Gasteiger partial charge in [0.1, 0.15) is 29.9 Å². The van der Waals surface area contributed by atoms with E-state index in [2.05, 4.69) is 15.2 Å². The fourth-order valence-corrected chi connectivity index (χ4v) is 4.80. The molecule has 14 heteroatoms. The molecule has 0 aliphatic heterocycles. The van der Waals surface area contributed by atoms with Gasteiger partial charge in [-0.3, -0.25) is 9.25 Å². The average molecular weight is 534 g/mol. The van der Waals surface area contributed by atoms with Crippen LogP contribution in [0.25, 0.3) is 11.3 Å². The molecule has 2 aromatic heterocycles. The van der Waals surface area contributed by atoms with Gasteiger partial charge in [0.15, 0.2) is 0 Å². The molecule has 1 radical (unpaired) electrons. The first kappa shape index (κ1) is 31.0. The molecule has 1 N–H and O–H groups in total. The van der Waals surface area contributed by atoms with Crippen molar-refractivity contribution in [3.05, 3.63) is 90.1 Å². The number of phosphoric ester groups is 1. The summed E-state index contributed by atoms with van der Waals surface area (Å²) in [6, 6.07) is 11.6. The molecule has 0 amide bonds. The van der Waals surface area contributed by atoms with E-state index in [9.17, 15) is 18.7 Å².